The molecule has 0 aliphatic rings. The number of nitro groups is 1. The molecule has 5 nitrogen and oxygen atoms in total. The van der Waals surface area contributed by atoms with Crippen LogP contribution >= 0.6 is 15.9 Å². The molecule has 0 bridgehead atoms. The summed E-state index contributed by atoms with van der Waals surface area (Å²) in [5.74, 6) is 0. The normalized spacial score (nSPS) is 10.2. The second-order valence-corrected chi connectivity index (χ2v) is 5.71. The summed E-state index contributed by atoms with van der Waals surface area (Å²) in [6, 6.07) is 12.7. The van der Waals surface area contributed by atoms with Gasteiger partial charge in [-0.15, -0.1) is 0 Å². The van der Waals surface area contributed by atoms with Gasteiger partial charge in [-0.1, -0.05) is 34.1 Å². The van der Waals surface area contributed by atoms with Crippen molar-refractivity contribution in [1.82, 2.24) is 0 Å². The third-order valence-electron chi connectivity index (χ3n) is 3.10. The van der Waals surface area contributed by atoms with Crippen LogP contribution in [0.2, 0.25) is 0 Å². The lowest BCUT2D eigenvalue weighted by Crippen LogP contribution is -2.12. The number of nitro benzene ring substituents is 1. The topological polar surface area (TPSA) is 58.4 Å². The Balaban J connectivity index is 2.24. The van der Waals surface area contributed by atoms with Crippen LogP contribution in [-0.2, 0) is 6.54 Å². The Bertz CT molecular complexity index is 659. The molecule has 2 aromatic rings. The number of nitrogens with one attached hydrogen (secondary N) is 1. The molecule has 0 aromatic heterocycles. The predicted molar refractivity (Wildman–Crippen MR) is 88.9 cm³/mol. The summed E-state index contributed by atoms with van der Waals surface area (Å²) in [6.45, 7) is 0.397. The highest BCUT2D eigenvalue weighted by Crippen LogP contribution is 2.29. The van der Waals surface area contributed by atoms with Crippen molar-refractivity contribution in [1.29, 1.82) is 0 Å². The van der Waals surface area contributed by atoms with E-state index in [0.29, 0.717) is 12.1 Å². The van der Waals surface area contributed by atoms with Crippen molar-refractivity contribution in [2.75, 3.05) is 24.3 Å². The summed E-state index contributed by atoms with van der Waals surface area (Å²) < 4.78 is 0.957. The van der Waals surface area contributed by atoms with Crippen LogP contribution in [-0.4, -0.2) is 19.0 Å². The summed E-state index contributed by atoms with van der Waals surface area (Å²) in [7, 11) is 3.92. The number of nitrogens with zero attached hydrogens (tertiary/aromatic N) is 2. The Hall–Kier alpha value is -2.08. The van der Waals surface area contributed by atoms with E-state index in [-0.39, 0.29) is 10.6 Å². The molecule has 0 aliphatic heterocycles. The van der Waals surface area contributed by atoms with Gasteiger partial charge in [0.25, 0.3) is 5.69 Å². The minimum atomic E-state index is -0.356. The number of para-hydroxylation sites is 1. The lowest BCUT2D eigenvalue weighted by Gasteiger charge is -2.19. The highest BCUT2D eigenvalue weighted by molar-refractivity contribution is 9.10. The Labute approximate surface area is 131 Å². The summed E-state index contributed by atoms with van der Waals surface area (Å²) in [5, 5.41) is 14.3. The van der Waals surface area contributed by atoms with Crippen molar-refractivity contribution >= 4 is 33.0 Å². The summed E-state index contributed by atoms with van der Waals surface area (Å²) in [6.07, 6.45) is 0. The van der Waals surface area contributed by atoms with Crippen molar-refractivity contribution < 1.29 is 4.92 Å². The largest absolute Gasteiger partial charge is 0.379 e. The zero-order valence-electron chi connectivity index (χ0n) is 11.8. The number of halogens is 1. The first-order valence-corrected chi connectivity index (χ1v) is 7.21. The van der Waals surface area contributed by atoms with Crippen LogP contribution in [0.3, 0.4) is 0 Å². The highest BCUT2D eigenvalue weighted by Gasteiger charge is 2.13. The van der Waals surface area contributed by atoms with Crippen LogP contribution in [0.15, 0.2) is 46.9 Å². The molecule has 0 atom stereocenters. The quantitative estimate of drug-likeness (QED) is 0.653. The Kier molecular flexibility index (Phi) is 4.80. The molecule has 0 radical (unpaired) electrons. The fourth-order valence-corrected chi connectivity index (χ4v) is 2.43. The molecular weight excluding hydrogens is 334 g/mol. The second-order valence-electron chi connectivity index (χ2n) is 4.80. The minimum absolute atomic E-state index is 0.131. The number of rotatable bonds is 5. The van der Waals surface area contributed by atoms with Crippen LogP contribution in [0.5, 0.6) is 0 Å². The molecule has 0 saturated heterocycles. The molecule has 0 saturated carbocycles. The van der Waals surface area contributed by atoms with Crippen molar-refractivity contribution in [3.05, 3.63) is 62.6 Å². The Morgan fingerprint density at radius 1 is 1.24 bits per heavy atom. The predicted octanol–water partition coefficient (Wildman–Crippen LogP) is 4.04. The number of hydrogen-bond donors (Lipinski definition) is 1. The molecule has 0 aliphatic carbocycles. The van der Waals surface area contributed by atoms with Crippen molar-refractivity contribution in [3.8, 4) is 0 Å². The van der Waals surface area contributed by atoms with Gasteiger partial charge >= 0.3 is 0 Å². The first-order chi connectivity index (χ1) is 9.99. The van der Waals surface area contributed by atoms with E-state index in [1.807, 2.05) is 37.2 Å². The molecule has 0 amide bonds. The Morgan fingerprint density at radius 3 is 2.62 bits per heavy atom. The molecule has 0 heterocycles. The minimum Gasteiger partial charge on any atom is -0.379 e. The maximum absolute atomic E-state index is 11.0. The Morgan fingerprint density at radius 2 is 1.95 bits per heavy atom. The van der Waals surface area contributed by atoms with Crippen molar-refractivity contribution in [2.24, 2.45) is 0 Å². The fourth-order valence-electron chi connectivity index (χ4n) is 2.07. The third kappa shape index (κ3) is 3.72. The number of hydrogen-bond acceptors (Lipinski definition) is 4. The van der Waals surface area contributed by atoms with Crippen molar-refractivity contribution in [3.63, 3.8) is 0 Å². The molecule has 6 heteroatoms. The molecular formula is C15H16BrN3O2. The zero-order valence-corrected chi connectivity index (χ0v) is 13.4. The van der Waals surface area contributed by atoms with E-state index in [1.54, 1.807) is 18.2 Å². The molecule has 0 unspecified atom stereocenters. The molecule has 1 N–H and O–H groups in total. The monoisotopic (exact) mass is 349 g/mol. The number of benzene rings is 2. The van der Waals surface area contributed by atoms with E-state index >= 15 is 0 Å². The third-order valence-corrected chi connectivity index (χ3v) is 3.59. The van der Waals surface area contributed by atoms with Gasteiger partial charge in [0.2, 0.25) is 0 Å². The molecule has 21 heavy (non-hydrogen) atoms. The molecule has 0 spiro atoms. The van der Waals surface area contributed by atoms with Gasteiger partial charge in [-0.2, -0.15) is 0 Å². The SMILES string of the molecule is CN(C)c1ccc(Br)cc1NCc1ccccc1[N+](=O)[O-]. The average molecular weight is 350 g/mol. The van der Waals surface area contributed by atoms with E-state index in [0.717, 1.165) is 15.8 Å². The van der Waals surface area contributed by atoms with Gasteiger partial charge in [0.05, 0.1) is 16.3 Å². The van der Waals surface area contributed by atoms with Gasteiger partial charge in [0.15, 0.2) is 0 Å². The first kappa shape index (κ1) is 15.3. The summed E-state index contributed by atoms with van der Waals surface area (Å²) >= 11 is 3.44. The summed E-state index contributed by atoms with van der Waals surface area (Å²) in [5.41, 5.74) is 2.74. The molecule has 0 fully saturated rings. The van der Waals surface area contributed by atoms with Gasteiger partial charge in [-0.05, 0) is 18.2 Å². The van der Waals surface area contributed by atoms with E-state index < -0.39 is 0 Å². The molecule has 2 rings (SSSR count). The van der Waals surface area contributed by atoms with Crippen LogP contribution in [0.4, 0.5) is 17.1 Å². The lowest BCUT2D eigenvalue weighted by molar-refractivity contribution is -0.385. The number of anilines is 2. The van der Waals surface area contributed by atoms with Crippen LogP contribution in [0.1, 0.15) is 5.56 Å². The molecule has 2 aromatic carbocycles. The van der Waals surface area contributed by atoms with Crippen LogP contribution < -0.4 is 10.2 Å². The maximum Gasteiger partial charge on any atom is 0.274 e. The fraction of sp³-hybridized carbons (Fsp3) is 0.200. The van der Waals surface area contributed by atoms with E-state index in [2.05, 4.69) is 21.2 Å². The standard InChI is InChI=1S/C15H16BrN3O2/c1-18(2)15-8-7-12(16)9-13(15)17-10-11-5-3-4-6-14(11)19(20)21/h3-9,17H,10H2,1-2H3. The van der Waals surface area contributed by atoms with E-state index in [4.69, 9.17) is 0 Å². The van der Waals surface area contributed by atoms with E-state index in [9.17, 15) is 10.1 Å². The van der Waals surface area contributed by atoms with Gasteiger partial charge in [0, 0.05) is 36.7 Å². The van der Waals surface area contributed by atoms with Crippen LogP contribution in [0.25, 0.3) is 0 Å². The van der Waals surface area contributed by atoms with Crippen LogP contribution in [0, 0.1) is 10.1 Å². The van der Waals surface area contributed by atoms with Gasteiger partial charge in [-0.25, -0.2) is 0 Å². The first-order valence-electron chi connectivity index (χ1n) is 6.42. The smallest absolute Gasteiger partial charge is 0.274 e. The van der Waals surface area contributed by atoms with Gasteiger partial charge < -0.3 is 10.2 Å². The molecule has 110 valence electrons. The summed E-state index contributed by atoms with van der Waals surface area (Å²) in [4.78, 5) is 12.7. The van der Waals surface area contributed by atoms with Crippen molar-refractivity contribution in [2.45, 2.75) is 6.54 Å². The maximum atomic E-state index is 11.0. The van der Waals surface area contributed by atoms with E-state index in [1.165, 1.54) is 6.07 Å². The highest BCUT2D eigenvalue weighted by atomic mass is 79.9. The average Bonchev–Trinajstić information content (AvgIpc) is 2.45. The van der Waals surface area contributed by atoms with Gasteiger partial charge in [-0.3, -0.25) is 10.1 Å². The lowest BCUT2D eigenvalue weighted by atomic mass is 10.1. The van der Waals surface area contributed by atoms with Gasteiger partial charge in [0.1, 0.15) is 0 Å². The zero-order chi connectivity index (χ0) is 15.4. The second kappa shape index (κ2) is 6.58.